The van der Waals surface area contributed by atoms with Crippen LogP contribution in [0.15, 0.2) is 58.1 Å². The molecule has 0 aromatic heterocycles. The molecular formula is C23H25N3O. The fourth-order valence-corrected chi connectivity index (χ4v) is 3.48. The van der Waals surface area contributed by atoms with Gasteiger partial charge in [-0.1, -0.05) is 48.0 Å². The maximum absolute atomic E-state index is 13.5. The highest BCUT2D eigenvalue weighted by molar-refractivity contribution is 6.30. The van der Waals surface area contributed by atoms with Gasteiger partial charge in [0.15, 0.2) is 5.78 Å². The Balaban J connectivity index is 2.28. The van der Waals surface area contributed by atoms with Gasteiger partial charge < -0.3 is 4.90 Å². The van der Waals surface area contributed by atoms with Gasteiger partial charge in [0.05, 0.1) is 11.3 Å². The molecule has 0 fully saturated rings. The molecule has 0 N–H and O–H groups in total. The Labute approximate surface area is 161 Å². The van der Waals surface area contributed by atoms with E-state index in [4.69, 9.17) is 4.99 Å². The molecule has 4 nitrogen and oxygen atoms in total. The lowest BCUT2D eigenvalue weighted by Crippen LogP contribution is -2.20. The highest BCUT2D eigenvalue weighted by atomic mass is 16.1. The van der Waals surface area contributed by atoms with E-state index in [9.17, 15) is 4.79 Å². The minimum atomic E-state index is 0.0240. The average molecular weight is 359 g/mol. The summed E-state index contributed by atoms with van der Waals surface area (Å²) >= 11 is 0. The zero-order valence-corrected chi connectivity index (χ0v) is 16.4. The molecule has 4 heteroatoms. The van der Waals surface area contributed by atoms with Gasteiger partial charge in [-0.3, -0.25) is 4.79 Å². The van der Waals surface area contributed by atoms with Crippen molar-refractivity contribution in [1.82, 2.24) is 4.90 Å². The van der Waals surface area contributed by atoms with Gasteiger partial charge >= 0.3 is 0 Å². The standard InChI is InChI=1S/C23H25N3O/c1-15-10-12-18(16(2)14-15)21-20(25-23(24-3)26(4)5)13-11-17-8-6-7-9-19(17)22(21)27/h6-10,12,14H,3,11,13H2,1-2,4-5H3/b25-23+. The first-order valence-corrected chi connectivity index (χ1v) is 9.08. The highest BCUT2D eigenvalue weighted by Crippen LogP contribution is 2.34. The summed E-state index contributed by atoms with van der Waals surface area (Å²) in [6, 6.07) is 14.0. The van der Waals surface area contributed by atoms with Crippen LogP contribution in [0.5, 0.6) is 0 Å². The van der Waals surface area contributed by atoms with Crippen LogP contribution >= 0.6 is 0 Å². The van der Waals surface area contributed by atoms with Gasteiger partial charge in [-0.05, 0) is 50.1 Å². The van der Waals surface area contributed by atoms with Gasteiger partial charge in [0, 0.05) is 19.7 Å². The normalized spacial score (nSPS) is 14.7. The van der Waals surface area contributed by atoms with Crippen molar-refractivity contribution < 1.29 is 4.79 Å². The Bertz CT molecular complexity index is 967. The Morgan fingerprint density at radius 2 is 1.78 bits per heavy atom. The van der Waals surface area contributed by atoms with Crippen LogP contribution in [-0.4, -0.2) is 37.5 Å². The van der Waals surface area contributed by atoms with Gasteiger partial charge in [0.1, 0.15) is 0 Å². The lowest BCUT2D eigenvalue weighted by atomic mass is 9.91. The molecule has 3 rings (SSSR count). The van der Waals surface area contributed by atoms with Crippen LogP contribution in [0.3, 0.4) is 0 Å². The number of carbonyl (C=O) groups excluding carboxylic acids is 1. The van der Waals surface area contributed by atoms with Crippen molar-refractivity contribution in [1.29, 1.82) is 0 Å². The lowest BCUT2D eigenvalue weighted by molar-refractivity contribution is 0.105. The van der Waals surface area contributed by atoms with Crippen molar-refractivity contribution in [3.63, 3.8) is 0 Å². The number of guanidine groups is 1. The molecule has 27 heavy (non-hydrogen) atoms. The van der Waals surface area contributed by atoms with Crippen molar-refractivity contribution >= 4 is 24.0 Å². The maximum atomic E-state index is 13.5. The van der Waals surface area contributed by atoms with Crippen molar-refractivity contribution in [3.8, 4) is 0 Å². The second-order valence-electron chi connectivity index (χ2n) is 7.09. The summed E-state index contributed by atoms with van der Waals surface area (Å²) in [6.45, 7) is 7.72. The molecule has 0 unspecified atom stereocenters. The smallest absolute Gasteiger partial charge is 0.224 e. The van der Waals surface area contributed by atoms with Crippen LogP contribution in [0.1, 0.15) is 39.0 Å². The first kappa shape index (κ1) is 18.8. The number of nitrogens with zero attached hydrogens (tertiary/aromatic N) is 3. The summed E-state index contributed by atoms with van der Waals surface area (Å²) in [5, 5.41) is 0. The zero-order chi connectivity index (χ0) is 19.6. The van der Waals surface area contributed by atoms with E-state index in [-0.39, 0.29) is 5.78 Å². The first-order valence-electron chi connectivity index (χ1n) is 9.08. The Hall–Kier alpha value is -3.01. The van der Waals surface area contributed by atoms with Crippen LogP contribution < -0.4 is 0 Å². The van der Waals surface area contributed by atoms with Gasteiger partial charge in [-0.2, -0.15) is 0 Å². The number of carbonyl (C=O) groups is 1. The monoisotopic (exact) mass is 359 g/mol. The summed E-state index contributed by atoms with van der Waals surface area (Å²) in [4.78, 5) is 24.1. The zero-order valence-electron chi connectivity index (χ0n) is 16.4. The Morgan fingerprint density at radius 3 is 2.44 bits per heavy atom. The fraction of sp³-hybridized carbons (Fsp3) is 0.261. The molecule has 0 saturated carbocycles. The summed E-state index contributed by atoms with van der Waals surface area (Å²) in [5.41, 5.74) is 6.43. The molecule has 0 amide bonds. The quantitative estimate of drug-likeness (QED) is 0.587. The van der Waals surface area contributed by atoms with E-state index < -0.39 is 0 Å². The molecule has 0 bridgehead atoms. The number of benzene rings is 2. The Morgan fingerprint density at radius 1 is 1.04 bits per heavy atom. The summed E-state index contributed by atoms with van der Waals surface area (Å²) in [6.07, 6.45) is 1.45. The topological polar surface area (TPSA) is 45.0 Å². The predicted molar refractivity (Wildman–Crippen MR) is 113 cm³/mol. The van der Waals surface area contributed by atoms with Crippen LogP contribution in [0, 0.1) is 13.8 Å². The molecular weight excluding hydrogens is 334 g/mol. The van der Waals surface area contributed by atoms with Crippen molar-refractivity contribution in [2.75, 3.05) is 14.1 Å². The highest BCUT2D eigenvalue weighted by Gasteiger charge is 2.26. The fourth-order valence-electron chi connectivity index (χ4n) is 3.48. The van der Waals surface area contributed by atoms with Crippen LogP contribution in [-0.2, 0) is 6.42 Å². The van der Waals surface area contributed by atoms with E-state index in [2.05, 4.69) is 24.7 Å². The number of ketones is 1. The second kappa shape index (κ2) is 7.70. The molecule has 0 atom stereocenters. The number of aliphatic imine (C=N–C) groups is 2. The van der Waals surface area contributed by atoms with Crippen LogP contribution in [0.4, 0.5) is 0 Å². The predicted octanol–water partition coefficient (Wildman–Crippen LogP) is 4.46. The van der Waals surface area contributed by atoms with E-state index in [1.807, 2.05) is 62.3 Å². The number of hydrogen-bond donors (Lipinski definition) is 0. The number of hydrogen-bond acceptors (Lipinski definition) is 2. The van der Waals surface area contributed by atoms with E-state index in [1.165, 1.54) is 5.56 Å². The molecule has 0 heterocycles. The molecule has 2 aromatic carbocycles. The van der Waals surface area contributed by atoms with E-state index >= 15 is 0 Å². The average Bonchev–Trinajstić information content (AvgIpc) is 2.77. The van der Waals surface area contributed by atoms with Gasteiger partial charge in [0.25, 0.3) is 0 Å². The molecule has 0 radical (unpaired) electrons. The third-order valence-corrected chi connectivity index (χ3v) is 4.84. The van der Waals surface area contributed by atoms with Crippen LogP contribution in [0.2, 0.25) is 0 Å². The summed E-state index contributed by atoms with van der Waals surface area (Å²) in [7, 11) is 3.75. The number of Topliss-reactive ketones (excluding diaryl/α,β-unsaturated/α-hetero) is 1. The third-order valence-electron chi connectivity index (χ3n) is 4.84. The van der Waals surface area contributed by atoms with Crippen molar-refractivity contribution in [3.05, 3.63) is 76.0 Å². The Kier molecular flexibility index (Phi) is 5.36. The number of allylic oxidation sites excluding steroid dienone is 2. The minimum absolute atomic E-state index is 0.0240. The molecule has 0 spiro atoms. The molecule has 0 aliphatic heterocycles. The second-order valence-corrected chi connectivity index (χ2v) is 7.09. The van der Waals surface area contributed by atoms with Gasteiger partial charge in [-0.15, -0.1) is 0 Å². The minimum Gasteiger partial charge on any atom is -0.347 e. The third kappa shape index (κ3) is 3.75. The molecule has 1 aliphatic rings. The first-order chi connectivity index (χ1) is 12.9. The van der Waals surface area contributed by atoms with Crippen LogP contribution in [0.25, 0.3) is 5.57 Å². The molecule has 2 aromatic rings. The molecule has 0 saturated heterocycles. The SMILES string of the molecule is C=N/C(=N\C1=C(c2ccc(C)cc2C)C(=O)c2ccccc2CC1)N(C)C. The molecule has 138 valence electrons. The van der Waals surface area contributed by atoms with E-state index in [0.29, 0.717) is 18.0 Å². The molecule has 1 aliphatic carbocycles. The van der Waals surface area contributed by atoms with Crippen molar-refractivity contribution in [2.45, 2.75) is 26.7 Å². The van der Waals surface area contributed by atoms with Gasteiger partial charge in [0.2, 0.25) is 5.96 Å². The maximum Gasteiger partial charge on any atom is 0.224 e. The summed E-state index contributed by atoms with van der Waals surface area (Å²) in [5.74, 6) is 0.530. The van der Waals surface area contributed by atoms with Gasteiger partial charge in [-0.25, -0.2) is 9.98 Å². The lowest BCUT2D eigenvalue weighted by Gasteiger charge is -2.15. The number of fused-ring (bicyclic) bond motifs is 1. The largest absolute Gasteiger partial charge is 0.347 e. The summed E-state index contributed by atoms with van der Waals surface area (Å²) < 4.78 is 0. The van der Waals surface area contributed by atoms with E-state index in [1.54, 1.807) is 0 Å². The van der Waals surface area contributed by atoms with Crippen molar-refractivity contribution in [2.24, 2.45) is 9.98 Å². The van der Waals surface area contributed by atoms with E-state index in [0.717, 1.165) is 34.4 Å². The number of aryl methyl sites for hydroxylation is 3. The number of rotatable bonds is 2.